The molecule has 1 atom stereocenters. The fraction of sp³-hybridized carbons (Fsp3) is 0.412. The van der Waals surface area contributed by atoms with Crippen LogP contribution in [0.3, 0.4) is 0 Å². The lowest BCUT2D eigenvalue weighted by Crippen LogP contribution is -2.60. The Morgan fingerprint density at radius 3 is 2.48 bits per heavy atom. The van der Waals surface area contributed by atoms with Crippen molar-refractivity contribution in [1.29, 1.82) is 0 Å². The second kappa shape index (κ2) is 6.92. The fourth-order valence-corrected chi connectivity index (χ4v) is 5.22. The number of anilines is 1. The molecule has 0 bridgehead atoms. The van der Waals surface area contributed by atoms with E-state index >= 15 is 0 Å². The van der Waals surface area contributed by atoms with E-state index in [2.05, 4.69) is 5.10 Å². The number of amidine groups is 1. The van der Waals surface area contributed by atoms with Crippen LogP contribution in [0.2, 0.25) is 29.7 Å². The van der Waals surface area contributed by atoms with Gasteiger partial charge in [0.25, 0.3) is 5.91 Å². The summed E-state index contributed by atoms with van der Waals surface area (Å²) >= 11 is 12.1. The molecule has 3 rings (SSSR count). The van der Waals surface area contributed by atoms with Crippen molar-refractivity contribution >= 4 is 60.8 Å². The van der Waals surface area contributed by atoms with E-state index in [0.717, 1.165) is 5.01 Å². The molecule has 2 heterocycles. The highest BCUT2D eigenvalue weighted by molar-refractivity contribution is 6.83. The minimum atomic E-state index is -2.28. The molecule has 0 aliphatic carbocycles. The lowest BCUT2D eigenvalue weighted by molar-refractivity contribution is -0.137. The lowest BCUT2D eigenvalue weighted by Gasteiger charge is -2.39. The molecule has 144 valence electrons. The molecule has 10 heteroatoms. The maximum atomic E-state index is 13.3. The number of carbonyl (C=O) groups excluding carboxylic acids is 3. The van der Waals surface area contributed by atoms with Crippen molar-refractivity contribution in [3.8, 4) is 0 Å². The van der Waals surface area contributed by atoms with Gasteiger partial charge in [-0.2, -0.15) is 0 Å². The summed E-state index contributed by atoms with van der Waals surface area (Å²) in [4.78, 5) is 39.6. The Morgan fingerprint density at radius 2 is 1.89 bits per heavy atom. The highest BCUT2D eigenvalue weighted by Gasteiger charge is 2.47. The molecule has 0 aromatic heterocycles. The third-order valence-corrected chi connectivity index (χ3v) is 7.03. The van der Waals surface area contributed by atoms with Crippen molar-refractivity contribution in [2.24, 2.45) is 5.10 Å². The van der Waals surface area contributed by atoms with Gasteiger partial charge < -0.3 is 4.57 Å². The zero-order chi connectivity index (χ0) is 20.1. The number of urea groups is 1. The van der Waals surface area contributed by atoms with Gasteiger partial charge in [0.1, 0.15) is 11.9 Å². The summed E-state index contributed by atoms with van der Waals surface area (Å²) in [6.07, 6.45) is 0.657. The molecule has 4 amide bonds. The number of hydrogen-bond acceptors (Lipinski definition) is 4. The van der Waals surface area contributed by atoms with Crippen LogP contribution in [0.4, 0.5) is 10.5 Å². The summed E-state index contributed by atoms with van der Waals surface area (Å²) in [7, 11) is -2.28. The van der Waals surface area contributed by atoms with E-state index in [4.69, 9.17) is 23.2 Å². The number of amides is 4. The highest BCUT2D eigenvalue weighted by Crippen LogP contribution is 2.32. The Bertz CT molecular complexity index is 868. The first-order valence-corrected chi connectivity index (χ1v) is 12.7. The first-order valence-electron chi connectivity index (χ1n) is 8.53. The zero-order valence-electron chi connectivity index (χ0n) is 15.5. The predicted molar refractivity (Wildman–Crippen MR) is 108 cm³/mol. The number of fused-ring (bicyclic) bond motifs is 1. The van der Waals surface area contributed by atoms with Crippen molar-refractivity contribution in [2.45, 2.75) is 45.4 Å². The summed E-state index contributed by atoms with van der Waals surface area (Å²) in [6.45, 7) is 7.55. The van der Waals surface area contributed by atoms with Crippen molar-refractivity contribution in [3.05, 3.63) is 28.2 Å². The number of halogens is 2. The van der Waals surface area contributed by atoms with Crippen LogP contribution in [0.25, 0.3) is 0 Å². The van der Waals surface area contributed by atoms with Crippen molar-refractivity contribution < 1.29 is 14.4 Å². The van der Waals surface area contributed by atoms with Gasteiger partial charge in [0.15, 0.2) is 8.24 Å². The monoisotopic (exact) mass is 426 g/mol. The molecule has 0 spiro atoms. The number of carbonyl (C=O) groups is 3. The van der Waals surface area contributed by atoms with Gasteiger partial charge in [0.05, 0.1) is 10.0 Å². The predicted octanol–water partition coefficient (Wildman–Crippen LogP) is 3.92. The summed E-state index contributed by atoms with van der Waals surface area (Å²) in [6, 6.07) is 3.70. The number of nitrogens with zero attached hydrogens (tertiary/aromatic N) is 4. The van der Waals surface area contributed by atoms with Crippen molar-refractivity contribution in [1.82, 2.24) is 9.91 Å². The second-order valence-electron chi connectivity index (χ2n) is 7.50. The first kappa shape index (κ1) is 19.8. The average molecular weight is 427 g/mol. The van der Waals surface area contributed by atoms with Gasteiger partial charge in [0.2, 0.25) is 5.91 Å². The number of benzene rings is 1. The van der Waals surface area contributed by atoms with E-state index in [9.17, 15) is 14.4 Å². The molecule has 1 aromatic carbocycles. The van der Waals surface area contributed by atoms with Crippen LogP contribution in [0, 0.1) is 0 Å². The molecule has 2 aliphatic heterocycles. The average Bonchev–Trinajstić information content (AvgIpc) is 2.95. The Balaban J connectivity index is 2.02. The molecule has 0 radical (unpaired) electrons. The van der Waals surface area contributed by atoms with Crippen molar-refractivity contribution in [2.75, 3.05) is 4.57 Å². The van der Waals surface area contributed by atoms with E-state index in [1.165, 1.54) is 4.90 Å². The van der Waals surface area contributed by atoms with E-state index < -0.39 is 26.2 Å². The SMILES string of the molecule is CC1=NN(C(=O)N(c2ccc(Cl)c(Cl)c2)[Si](C)(C)C)C(=O)C2CCC(=O)N12. The van der Waals surface area contributed by atoms with Gasteiger partial charge in [-0.05, 0) is 31.5 Å². The standard InChI is InChI=1S/C17H20Cl2N4O3Si/c1-10-20-22(16(25)14-7-8-15(24)21(10)14)17(26)23(27(2,3)4)11-5-6-12(18)13(19)9-11/h5-6,9,14H,7-8H2,1-4H3. The van der Waals surface area contributed by atoms with Gasteiger partial charge in [-0.25, -0.2) is 4.79 Å². The van der Waals surface area contributed by atoms with Crippen LogP contribution in [0.1, 0.15) is 19.8 Å². The third kappa shape index (κ3) is 3.49. The molecule has 7 nitrogen and oxygen atoms in total. The molecule has 1 saturated heterocycles. The summed E-state index contributed by atoms with van der Waals surface area (Å²) in [5.41, 5.74) is 0.555. The smallest absolute Gasteiger partial charge is 0.321 e. The maximum Gasteiger partial charge on any atom is 0.344 e. The summed E-state index contributed by atoms with van der Waals surface area (Å²) in [5, 5.41) is 5.72. The van der Waals surface area contributed by atoms with Gasteiger partial charge in [-0.3, -0.25) is 14.5 Å². The summed E-state index contributed by atoms with van der Waals surface area (Å²) in [5.74, 6) is -0.284. The molecule has 2 aliphatic rings. The van der Waals surface area contributed by atoms with Gasteiger partial charge in [-0.1, -0.05) is 42.8 Å². The molecule has 1 unspecified atom stereocenters. The summed E-state index contributed by atoms with van der Waals surface area (Å²) < 4.78 is 1.58. The number of hydrogen-bond donors (Lipinski definition) is 0. The van der Waals surface area contributed by atoms with E-state index in [1.54, 1.807) is 29.7 Å². The van der Waals surface area contributed by atoms with E-state index in [-0.39, 0.29) is 12.3 Å². The van der Waals surface area contributed by atoms with Crippen LogP contribution >= 0.6 is 23.2 Å². The maximum absolute atomic E-state index is 13.3. The van der Waals surface area contributed by atoms with Crippen LogP contribution in [-0.4, -0.2) is 47.9 Å². The number of rotatable bonds is 2. The zero-order valence-corrected chi connectivity index (χ0v) is 18.0. The van der Waals surface area contributed by atoms with Crippen LogP contribution in [0.15, 0.2) is 23.3 Å². The van der Waals surface area contributed by atoms with Gasteiger partial charge >= 0.3 is 6.03 Å². The largest absolute Gasteiger partial charge is 0.344 e. The van der Waals surface area contributed by atoms with Gasteiger partial charge in [-0.15, -0.1) is 10.1 Å². The number of imide groups is 1. The first-order chi connectivity index (χ1) is 12.5. The van der Waals surface area contributed by atoms with Crippen molar-refractivity contribution in [3.63, 3.8) is 0 Å². The minimum absolute atomic E-state index is 0.145. The Morgan fingerprint density at radius 1 is 1.22 bits per heavy atom. The molecule has 27 heavy (non-hydrogen) atoms. The van der Waals surface area contributed by atoms with Crippen LogP contribution in [-0.2, 0) is 9.59 Å². The molecular weight excluding hydrogens is 407 g/mol. The quantitative estimate of drug-likeness (QED) is 0.672. The molecule has 0 N–H and O–H groups in total. The lowest BCUT2D eigenvalue weighted by atomic mass is 10.2. The normalized spacial score (nSPS) is 19.9. The van der Waals surface area contributed by atoms with Gasteiger partial charge in [0, 0.05) is 12.1 Å². The Labute approximate surface area is 168 Å². The topological polar surface area (TPSA) is 73.3 Å². The fourth-order valence-electron chi connectivity index (χ4n) is 3.35. The van der Waals surface area contributed by atoms with Crippen LogP contribution in [0.5, 0.6) is 0 Å². The van der Waals surface area contributed by atoms with E-state index in [0.29, 0.717) is 28.0 Å². The highest BCUT2D eigenvalue weighted by atomic mass is 35.5. The molecular formula is C17H20Cl2N4O3Si. The van der Waals surface area contributed by atoms with Crippen LogP contribution < -0.4 is 4.57 Å². The Kier molecular flexibility index (Phi) is 5.09. The molecule has 1 aromatic rings. The minimum Gasteiger partial charge on any atom is -0.321 e. The molecule has 1 fully saturated rings. The van der Waals surface area contributed by atoms with E-state index in [1.807, 2.05) is 19.6 Å². The number of hydrazone groups is 1. The third-order valence-electron chi connectivity index (χ3n) is 4.50. The Hall–Kier alpha value is -1.90. The molecule has 0 saturated carbocycles. The second-order valence-corrected chi connectivity index (χ2v) is 13.1.